The standard InChI is InChI=1S/C21H25NO2/c1-15-6-4-5-7-20(15)21(23)22(16(2)18-10-11-18)14-17-8-12-19(24-3)13-9-17/h4-9,12-13,16,18H,10-11,14H2,1-3H3. The predicted molar refractivity (Wildman–Crippen MR) is 96.2 cm³/mol. The van der Waals surface area contributed by atoms with Crippen LogP contribution in [-0.2, 0) is 6.54 Å². The highest BCUT2D eigenvalue weighted by molar-refractivity contribution is 5.95. The smallest absolute Gasteiger partial charge is 0.254 e. The normalized spacial score (nSPS) is 15.0. The van der Waals surface area contributed by atoms with Crippen molar-refractivity contribution in [2.24, 2.45) is 5.92 Å². The van der Waals surface area contributed by atoms with Crippen molar-refractivity contribution in [1.29, 1.82) is 0 Å². The van der Waals surface area contributed by atoms with Crippen molar-refractivity contribution >= 4 is 5.91 Å². The third-order valence-electron chi connectivity index (χ3n) is 4.94. The van der Waals surface area contributed by atoms with Crippen molar-refractivity contribution in [2.45, 2.75) is 39.3 Å². The van der Waals surface area contributed by atoms with Gasteiger partial charge in [0.2, 0.25) is 0 Å². The van der Waals surface area contributed by atoms with E-state index >= 15 is 0 Å². The number of hydrogen-bond acceptors (Lipinski definition) is 2. The van der Waals surface area contributed by atoms with Gasteiger partial charge >= 0.3 is 0 Å². The third-order valence-corrected chi connectivity index (χ3v) is 4.94. The van der Waals surface area contributed by atoms with Crippen LogP contribution in [0.5, 0.6) is 5.75 Å². The van der Waals surface area contributed by atoms with Gasteiger partial charge in [0, 0.05) is 18.2 Å². The number of hydrogen-bond donors (Lipinski definition) is 0. The highest BCUT2D eigenvalue weighted by Crippen LogP contribution is 2.36. The largest absolute Gasteiger partial charge is 0.497 e. The lowest BCUT2D eigenvalue weighted by atomic mass is 10.0. The molecule has 2 aromatic rings. The van der Waals surface area contributed by atoms with Gasteiger partial charge in [0.05, 0.1) is 7.11 Å². The van der Waals surface area contributed by atoms with Crippen LogP contribution in [0.15, 0.2) is 48.5 Å². The first-order valence-electron chi connectivity index (χ1n) is 8.59. The lowest BCUT2D eigenvalue weighted by molar-refractivity contribution is 0.0653. The molecule has 2 aromatic carbocycles. The lowest BCUT2D eigenvalue weighted by Gasteiger charge is -2.30. The number of rotatable bonds is 6. The summed E-state index contributed by atoms with van der Waals surface area (Å²) in [6, 6.07) is 16.1. The summed E-state index contributed by atoms with van der Waals surface area (Å²) in [7, 11) is 1.66. The molecule has 3 nitrogen and oxygen atoms in total. The molecule has 0 spiro atoms. The van der Waals surface area contributed by atoms with Gasteiger partial charge in [-0.2, -0.15) is 0 Å². The van der Waals surface area contributed by atoms with E-state index in [1.54, 1.807) is 7.11 Å². The zero-order valence-corrected chi connectivity index (χ0v) is 14.7. The van der Waals surface area contributed by atoms with Crippen LogP contribution in [0.25, 0.3) is 0 Å². The van der Waals surface area contributed by atoms with Crippen LogP contribution >= 0.6 is 0 Å². The van der Waals surface area contributed by atoms with Crippen molar-refractivity contribution in [3.8, 4) is 5.75 Å². The van der Waals surface area contributed by atoms with E-state index in [1.165, 1.54) is 12.8 Å². The fraction of sp³-hybridized carbons (Fsp3) is 0.381. The van der Waals surface area contributed by atoms with Crippen LogP contribution in [0.2, 0.25) is 0 Å². The first kappa shape index (κ1) is 16.6. The Hall–Kier alpha value is -2.29. The molecular formula is C21H25NO2. The van der Waals surface area contributed by atoms with Gasteiger partial charge in [-0.15, -0.1) is 0 Å². The van der Waals surface area contributed by atoms with E-state index in [2.05, 4.69) is 6.92 Å². The molecule has 24 heavy (non-hydrogen) atoms. The summed E-state index contributed by atoms with van der Waals surface area (Å²) in [6.07, 6.45) is 2.45. The number of carbonyl (C=O) groups is 1. The van der Waals surface area contributed by atoms with Crippen LogP contribution in [0.1, 0.15) is 41.3 Å². The molecule has 0 bridgehead atoms. The van der Waals surface area contributed by atoms with Gasteiger partial charge in [-0.3, -0.25) is 4.79 Å². The number of methoxy groups -OCH3 is 1. The first-order chi connectivity index (χ1) is 11.6. The summed E-state index contributed by atoms with van der Waals surface area (Å²) in [6.45, 7) is 4.81. The van der Waals surface area contributed by atoms with Crippen LogP contribution in [0, 0.1) is 12.8 Å². The van der Waals surface area contributed by atoms with Crippen molar-refractivity contribution < 1.29 is 9.53 Å². The minimum atomic E-state index is 0.128. The van der Waals surface area contributed by atoms with E-state index in [1.807, 2.05) is 60.4 Å². The summed E-state index contributed by atoms with van der Waals surface area (Å²) in [4.78, 5) is 15.2. The van der Waals surface area contributed by atoms with Gasteiger partial charge in [-0.25, -0.2) is 0 Å². The highest BCUT2D eigenvalue weighted by atomic mass is 16.5. The van der Waals surface area contributed by atoms with Crippen LogP contribution in [0.3, 0.4) is 0 Å². The second-order valence-electron chi connectivity index (χ2n) is 6.67. The summed E-state index contributed by atoms with van der Waals surface area (Å²) < 4.78 is 5.22. The molecule has 1 fully saturated rings. The molecule has 1 atom stereocenters. The molecule has 1 amide bonds. The fourth-order valence-corrected chi connectivity index (χ4v) is 3.13. The Morgan fingerprint density at radius 3 is 2.42 bits per heavy atom. The number of amides is 1. The molecule has 0 saturated heterocycles. The summed E-state index contributed by atoms with van der Waals surface area (Å²) in [5.41, 5.74) is 2.97. The van der Waals surface area contributed by atoms with E-state index in [4.69, 9.17) is 4.74 Å². The van der Waals surface area contributed by atoms with Gasteiger partial charge in [-0.05, 0) is 61.9 Å². The number of benzene rings is 2. The van der Waals surface area contributed by atoms with Gasteiger partial charge in [-0.1, -0.05) is 30.3 Å². The number of aryl methyl sites for hydroxylation is 1. The molecule has 0 N–H and O–H groups in total. The maximum Gasteiger partial charge on any atom is 0.254 e. The van der Waals surface area contributed by atoms with Crippen molar-refractivity contribution in [1.82, 2.24) is 4.90 Å². The zero-order chi connectivity index (χ0) is 17.1. The maximum atomic E-state index is 13.2. The Kier molecular flexibility index (Phi) is 4.89. The molecule has 1 aliphatic carbocycles. The Morgan fingerprint density at radius 1 is 1.17 bits per heavy atom. The molecule has 3 heteroatoms. The molecule has 1 saturated carbocycles. The van der Waals surface area contributed by atoms with E-state index in [0.717, 1.165) is 22.4 Å². The van der Waals surface area contributed by atoms with Crippen molar-refractivity contribution in [2.75, 3.05) is 7.11 Å². The summed E-state index contributed by atoms with van der Waals surface area (Å²) in [5, 5.41) is 0. The topological polar surface area (TPSA) is 29.5 Å². The summed E-state index contributed by atoms with van der Waals surface area (Å²) >= 11 is 0. The average molecular weight is 323 g/mol. The van der Waals surface area contributed by atoms with Gasteiger partial charge in [0.15, 0.2) is 0 Å². The van der Waals surface area contributed by atoms with Crippen LogP contribution in [-0.4, -0.2) is 24.0 Å². The fourth-order valence-electron chi connectivity index (χ4n) is 3.13. The SMILES string of the molecule is COc1ccc(CN(C(=O)c2ccccc2C)C(C)C2CC2)cc1. The van der Waals surface area contributed by atoms with Gasteiger partial charge in [0.25, 0.3) is 5.91 Å². The monoisotopic (exact) mass is 323 g/mol. The molecule has 0 radical (unpaired) electrons. The van der Waals surface area contributed by atoms with Crippen molar-refractivity contribution in [3.63, 3.8) is 0 Å². The van der Waals surface area contributed by atoms with E-state index < -0.39 is 0 Å². The molecular weight excluding hydrogens is 298 g/mol. The predicted octanol–water partition coefficient (Wildman–Crippen LogP) is 4.44. The maximum absolute atomic E-state index is 13.2. The Labute approximate surface area is 144 Å². The highest BCUT2D eigenvalue weighted by Gasteiger charge is 2.34. The first-order valence-corrected chi connectivity index (χ1v) is 8.59. The Morgan fingerprint density at radius 2 is 1.83 bits per heavy atom. The quantitative estimate of drug-likeness (QED) is 0.786. The zero-order valence-electron chi connectivity index (χ0n) is 14.7. The number of carbonyl (C=O) groups excluding carboxylic acids is 1. The van der Waals surface area contributed by atoms with E-state index in [9.17, 15) is 4.79 Å². The molecule has 0 aromatic heterocycles. The second kappa shape index (κ2) is 7.08. The molecule has 0 heterocycles. The Bertz CT molecular complexity index is 704. The third kappa shape index (κ3) is 3.61. The Balaban J connectivity index is 1.85. The lowest BCUT2D eigenvalue weighted by Crippen LogP contribution is -2.39. The molecule has 1 aliphatic rings. The molecule has 3 rings (SSSR count). The number of nitrogens with zero attached hydrogens (tertiary/aromatic N) is 1. The van der Waals surface area contributed by atoms with Crippen LogP contribution in [0.4, 0.5) is 0 Å². The van der Waals surface area contributed by atoms with E-state index in [0.29, 0.717) is 12.5 Å². The molecule has 1 unspecified atom stereocenters. The summed E-state index contributed by atoms with van der Waals surface area (Å²) in [5.74, 6) is 1.60. The minimum absolute atomic E-state index is 0.128. The van der Waals surface area contributed by atoms with Crippen molar-refractivity contribution in [3.05, 3.63) is 65.2 Å². The average Bonchev–Trinajstić information content (AvgIpc) is 3.44. The van der Waals surface area contributed by atoms with Gasteiger partial charge < -0.3 is 9.64 Å². The molecule has 126 valence electrons. The minimum Gasteiger partial charge on any atom is -0.497 e. The van der Waals surface area contributed by atoms with E-state index in [-0.39, 0.29) is 11.9 Å². The number of ether oxygens (including phenoxy) is 1. The second-order valence-corrected chi connectivity index (χ2v) is 6.67. The van der Waals surface area contributed by atoms with Gasteiger partial charge in [0.1, 0.15) is 5.75 Å². The molecule has 0 aliphatic heterocycles. The van der Waals surface area contributed by atoms with Crippen LogP contribution < -0.4 is 4.74 Å².